The maximum Gasteiger partial charge on any atom is 0.322 e. The fourth-order valence-corrected chi connectivity index (χ4v) is 3.20. The molecule has 0 fully saturated rings. The van der Waals surface area contributed by atoms with Gasteiger partial charge in [0.2, 0.25) is 0 Å². The van der Waals surface area contributed by atoms with Crippen LogP contribution in [0.1, 0.15) is 78.2 Å². The minimum atomic E-state index is -1.23. The number of ether oxygens (including phenoxy) is 4. The van der Waals surface area contributed by atoms with Crippen molar-refractivity contribution in [3.8, 4) is 11.8 Å². The molecule has 5 nitrogen and oxygen atoms in total. The standard InChI is InChI=1S/C23H37NO4/c1-5-9-10-11-12-13-14-22(23(25-6-2,26-7-3)27-8-4)28-21-17-15-20(19-24)16-18-21/h15-18,22H,5-14H2,1-4H3. The van der Waals surface area contributed by atoms with Crippen molar-refractivity contribution in [2.45, 2.75) is 84.7 Å². The molecule has 28 heavy (non-hydrogen) atoms. The molecule has 1 aromatic rings. The molecule has 0 saturated carbocycles. The fraction of sp³-hybridized carbons (Fsp3) is 0.696. The third-order valence-corrected chi connectivity index (χ3v) is 4.51. The Morgan fingerprint density at radius 3 is 1.86 bits per heavy atom. The quantitative estimate of drug-likeness (QED) is 0.262. The van der Waals surface area contributed by atoms with Gasteiger partial charge in [0.25, 0.3) is 0 Å². The molecule has 0 saturated heterocycles. The van der Waals surface area contributed by atoms with Gasteiger partial charge in [0.05, 0.1) is 11.6 Å². The van der Waals surface area contributed by atoms with E-state index in [1.807, 2.05) is 20.8 Å². The average Bonchev–Trinajstić information content (AvgIpc) is 2.70. The average molecular weight is 392 g/mol. The van der Waals surface area contributed by atoms with Crippen molar-refractivity contribution in [2.75, 3.05) is 19.8 Å². The molecule has 1 atom stereocenters. The summed E-state index contributed by atoms with van der Waals surface area (Å²) in [6, 6.07) is 9.24. The Bertz CT molecular complexity index is 536. The van der Waals surface area contributed by atoms with Crippen LogP contribution < -0.4 is 4.74 Å². The molecule has 0 N–H and O–H groups in total. The van der Waals surface area contributed by atoms with E-state index in [1.54, 1.807) is 24.3 Å². The van der Waals surface area contributed by atoms with Gasteiger partial charge in [-0.1, -0.05) is 39.0 Å². The molecule has 0 aromatic heterocycles. The molecule has 0 amide bonds. The van der Waals surface area contributed by atoms with Crippen molar-refractivity contribution < 1.29 is 18.9 Å². The second kappa shape index (κ2) is 14.4. The van der Waals surface area contributed by atoms with Gasteiger partial charge in [-0.3, -0.25) is 0 Å². The zero-order chi connectivity index (χ0) is 20.7. The molecular weight excluding hydrogens is 354 g/mol. The van der Waals surface area contributed by atoms with Crippen LogP contribution >= 0.6 is 0 Å². The molecule has 1 rings (SSSR count). The third-order valence-electron chi connectivity index (χ3n) is 4.51. The minimum Gasteiger partial charge on any atom is -0.482 e. The second-order valence-corrected chi connectivity index (χ2v) is 6.70. The molecule has 0 aliphatic rings. The number of nitriles is 1. The first kappa shape index (κ1) is 24.4. The Balaban J connectivity index is 2.93. The molecule has 1 aromatic carbocycles. The lowest BCUT2D eigenvalue weighted by atomic mass is 10.1. The van der Waals surface area contributed by atoms with Crippen molar-refractivity contribution in [2.24, 2.45) is 0 Å². The lowest BCUT2D eigenvalue weighted by Crippen LogP contribution is -2.52. The topological polar surface area (TPSA) is 60.7 Å². The van der Waals surface area contributed by atoms with Gasteiger partial charge in [-0.15, -0.1) is 0 Å². The summed E-state index contributed by atoms with van der Waals surface area (Å²) in [4.78, 5) is 0. The summed E-state index contributed by atoms with van der Waals surface area (Å²) in [5.41, 5.74) is 0.602. The molecule has 158 valence electrons. The van der Waals surface area contributed by atoms with Crippen LogP contribution in [0.4, 0.5) is 0 Å². The predicted molar refractivity (Wildman–Crippen MR) is 111 cm³/mol. The van der Waals surface area contributed by atoms with Gasteiger partial charge in [-0.05, 0) is 57.9 Å². The van der Waals surface area contributed by atoms with Crippen LogP contribution in [-0.2, 0) is 14.2 Å². The summed E-state index contributed by atoms with van der Waals surface area (Å²) >= 11 is 0. The monoisotopic (exact) mass is 391 g/mol. The van der Waals surface area contributed by atoms with Crippen LogP contribution in [0.5, 0.6) is 5.75 Å². The van der Waals surface area contributed by atoms with E-state index < -0.39 is 12.1 Å². The van der Waals surface area contributed by atoms with E-state index in [1.165, 1.54) is 25.7 Å². The molecule has 0 aliphatic heterocycles. The first-order valence-corrected chi connectivity index (χ1v) is 10.7. The Morgan fingerprint density at radius 1 is 0.821 bits per heavy atom. The summed E-state index contributed by atoms with van der Waals surface area (Å²) in [6.07, 6.45) is 7.55. The van der Waals surface area contributed by atoms with Crippen LogP contribution in [0.3, 0.4) is 0 Å². The lowest BCUT2D eigenvalue weighted by Gasteiger charge is -2.38. The largest absolute Gasteiger partial charge is 0.482 e. The second-order valence-electron chi connectivity index (χ2n) is 6.70. The Labute approximate surface area is 170 Å². The van der Waals surface area contributed by atoms with Crippen molar-refractivity contribution in [3.63, 3.8) is 0 Å². The van der Waals surface area contributed by atoms with Gasteiger partial charge in [-0.2, -0.15) is 5.26 Å². The van der Waals surface area contributed by atoms with E-state index in [2.05, 4.69) is 13.0 Å². The first-order valence-electron chi connectivity index (χ1n) is 10.7. The van der Waals surface area contributed by atoms with Crippen molar-refractivity contribution in [1.29, 1.82) is 5.26 Å². The summed E-state index contributed by atoms with van der Waals surface area (Å²) < 4.78 is 24.2. The molecule has 0 spiro atoms. The van der Waals surface area contributed by atoms with E-state index in [0.29, 0.717) is 31.1 Å². The van der Waals surface area contributed by atoms with Crippen molar-refractivity contribution >= 4 is 0 Å². The van der Waals surface area contributed by atoms with Gasteiger partial charge in [0.1, 0.15) is 5.75 Å². The van der Waals surface area contributed by atoms with Crippen LogP contribution in [-0.4, -0.2) is 31.9 Å². The lowest BCUT2D eigenvalue weighted by molar-refractivity contribution is -0.406. The molecule has 0 bridgehead atoms. The maximum atomic E-state index is 9.00. The molecule has 0 aliphatic carbocycles. The van der Waals surface area contributed by atoms with Crippen molar-refractivity contribution in [3.05, 3.63) is 29.8 Å². The highest BCUT2D eigenvalue weighted by molar-refractivity contribution is 5.34. The predicted octanol–water partition coefficient (Wildman–Crippen LogP) is 5.82. The summed E-state index contributed by atoms with van der Waals surface area (Å²) in [7, 11) is 0. The Morgan fingerprint density at radius 2 is 1.36 bits per heavy atom. The highest BCUT2D eigenvalue weighted by Crippen LogP contribution is 2.29. The van der Waals surface area contributed by atoms with Gasteiger partial charge in [0.15, 0.2) is 6.10 Å². The Kier molecular flexibility index (Phi) is 12.6. The number of nitrogens with zero attached hydrogens (tertiary/aromatic N) is 1. The number of unbranched alkanes of at least 4 members (excludes halogenated alkanes) is 5. The summed E-state index contributed by atoms with van der Waals surface area (Å²) in [6.45, 7) is 9.39. The summed E-state index contributed by atoms with van der Waals surface area (Å²) in [5, 5.41) is 9.00. The fourth-order valence-electron chi connectivity index (χ4n) is 3.20. The highest BCUT2D eigenvalue weighted by atomic mass is 16.9. The van der Waals surface area contributed by atoms with Crippen LogP contribution in [0, 0.1) is 11.3 Å². The van der Waals surface area contributed by atoms with E-state index in [4.69, 9.17) is 24.2 Å². The zero-order valence-corrected chi connectivity index (χ0v) is 18.0. The van der Waals surface area contributed by atoms with Crippen molar-refractivity contribution in [1.82, 2.24) is 0 Å². The molecule has 0 radical (unpaired) electrons. The van der Waals surface area contributed by atoms with Crippen LogP contribution in [0.15, 0.2) is 24.3 Å². The normalized spacial score (nSPS) is 12.5. The molecule has 0 heterocycles. The zero-order valence-electron chi connectivity index (χ0n) is 18.0. The van der Waals surface area contributed by atoms with E-state index >= 15 is 0 Å². The van der Waals surface area contributed by atoms with Crippen LogP contribution in [0.2, 0.25) is 0 Å². The van der Waals surface area contributed by atoms with E-state index in [9.17, 15) is 0 Å². The third kappa shape index (κ3) is 8.18. The highest BCUT2D eigenvalue weighted by Gasteiger charge is 2.44. The minimum absolute atomic E-state index is 0.397. The van der Waals surface area contributed by atoms with Gasteiger partial charge >= 0.3 is 5.97 Å². The smallest absolute Gasteiger partial charge is 0.322 e. The van der Waals surface area contributed by atoms with Gasteiger partial charge in [-0.25, -0.2) is 0 Å². The van der Waals surface area contributed by atoms with E-state index in [0.717, 1.165) is 19.3 Å². The number of benzene rings is 1. The molecule has 5 heteroatoms. The SMILES string of the molecule is CCCCCCCCC(Oc1ccc(C#N)cc1)C(OCC)(OCC)OCC. The Hall–Kier alpha value is -1.61. The molecule has 1 unspecified atom stereocenters. The van der Waals surface area contributed by atoms with E-state index in [-0.39, 0.29) is 0 Å². The molecular formula is C23H37NO4. The number of hydrogen-bond donors (Lipinski definition) is 0. The number of hydrogen-bond acceptors (Lipinski definition) is 5. The van der Waals surface area contributed by atoms with Crippen LogP contribution in [0.25, 0.3) is 0 Å². The number of rotatable bonds is 16. The maximum absolute atomic E-state index is 9.00. The van der Waals surface area contributed by atoms with Gasteiger partial charge in [0, 0.05) is 19.8 Å². The van der Waals surface area contributed by atoms with Gasteiger partial charge < -0.3 is 18.9 Å². The first-order chi connectivity index (χ1) is 13.7. The summed E-state index contributed by atoms with van der Waals surface area (Å²) in [5.74, 6) is -0.547.